The van der Waals surface area contributed by atoms with Gasteiger partial charge in [-0.25, -0.2) is 14.0 Å². The Morgan fingerprint density at radius 3 is 2.16 bits per heavy atom. The first-order chi connectivity index (χ1) is 20.4. The largest absolute Gasteiger partial charge is 0.497 e. The van der Waals surface area contributed by atoms with Gasteiger partial charge in [-0.1, -0.05) is 36.4 Å². The third kappa shape index (κ3) is 5.27. The summed E-state index contributed by atoms with van der Waals surface area (Å²) in [7, 11) is 1.52. The van der Waals surface area contributed by atoms with E-state index in [4.69, 9.17) is 9.15 Å². The van der Waals surface area contributed by atoms with Crippen molar-refractivity contribution in [3.05, 3.63) is 118 Å². The molecule has 4 atom stereocenters. The maximum Gasteiger partial charge on any atom is 0.330 e. The van der Waals surface area contributed by atoms with Crippen molar-refractivity contribution in [3.63, 3.8) is 0 Å². The Hall–Kier alpha value is -4.92. The molecule has 3 aromatic carbocycles. The maximum absolute atomic E-state index is 14.6. The highest BCUT2D eigenvalue weighted by Gasteiger charge is 2.65. The number of Topliss-reactive ketones (excluding diaryl/α,β-unsaturated/α-hetero) is 1. The zero-order valence-electron chi connectivity index (χ0n) is 24.6. The van der Waals surface area contributed by atoms with Crippen LogP contribution in [-0.4, -0.2) is 40.4 Å². The molecule has 1 aliphatic rings. The lowest BCUT2D eigenvalue weighted by molar-refractivity contribution is -0.148. The first-order valence-electron chi connectivity index (χ1n) is 13.9. The minimum absolute atomic E-state index is 0.293. The highest BCUT2D eigenvalue weighted by Crippen LogP contribution is 2.57. The Labute approximate surface area is 249 Å². The van der Waals surface area contributed by atoms with Gasteiger partial charge < -0.3 is 19.6 Å². The molecule has 1 fully saturated rings. The number of methoxy groups -OCH3 is 1. The molecule has 43 heavy (non-hydrogen) atoms. The number of anilines is 1. The average Bonchev–Trinajstić information content (AvgIpc) is 3.46. The smallest absolute Gasteiger partial charge is 0.330 e. The standard InChI is InChI=1S/C34H33FN2O6/c1-19-7-6-8-25(17-19)36-33(41)37-30(23-9-13-24(35)14-10-23)28(31(38)27-18-20(2)43-21(27)3)29(34(37,4)32(39)40)22-11-15-26(42-5)16-12-22/h6-18,28-30H,1-5H3,(H,36,41)(H,39,40). The van der Waals surface area contributed by atoms with Gasteiger partial charge in [-0.2, -0.15) is 0 Å². The van der Waals surface area contributed by atoms with Crippen LogP contribution in [0.15, 0.2) is 83.3 Å². The second-order valence-corrected chi connectivity index (χ2v) is 11.1. The summed E-state index contributed by atoms with van der Waals surface area (Å²) < 4.78 is 25.2. The number of hydrogen-bond donors (Lipinski definition) is 2. The van der Waals surface area contributed by atoms with Gasteiger partial charge in [0.1, 0.15) is 28.6 Å². The number of benzene rings is 3. The van der Waals surface area contributed by atoms with E-state index in [1.54, 1.807) is 62.4 Å². The van der Waals surface area contributed by atoms with E-state index in [1.165, 1.54) is 43.2 Å². The number of nitrogens with one attached hydrogen (secondary N) is 1. The average molecular weight is 585 g/mol. The number of halogens is 1. The van der Waals surface area contributed by atoms with E-state index in [9.17, 15) is 23.9 Å². The molecular formula is C34H33FN2O6. The molecule has 222 valence electrons. The summed E-state index contributed by atoms with van der Waals surface area (Å²) in [5.74, 6) is -2.84. The van der Waals surface area contributed by atoms with E-state index in [0.29, 0.717) is 39.6 Å². The van der Waals surface area contributed by atoms with Crippen molar-refractivity contribution in [1.29, 1.82) is 0 Å². The van der Waals surface area contributed by atoms with Gasteiger partial charge in [0.15, 0.2) is 5.78 Å². The first kappa shape index (κ1) is 29.6. The van der Waals surface area contributed by atoms with Gasteiger partial charge in [0, 0.05) is 11.6 Å². The molecule has 8 nitrogen and oxygen atoms in total. The van der Waals surface area contributed by atoms with Crippen molar-refractivity contribution in [2.45, 2.75) is 45.2 Å². The summed E-state index contributed by atoms with van der Waals surface area (Å²) in [6, 6.07) is 19.2. The number of nitrogens with zero attached hydrogens (tertiary/aromatic N) is 1. The summed E-state index contributed by atoms with van der Waals surface area (Å²) in [4.78, 5) is 43.5. The lowest BCUT2D eigenvalue weighted by atomic mass is 9.71. The number of ether oxygens (including phenoxy) is 1. The van der Waals surface area contributed by atoms with Crippen LogP contribution in [0.25, 0.3) is 0 Å². The number of carbonyl (C=O) groups excluding carboxylic acids is 2. The van der Waals surface area contributed by atoms with Crippen LogP contribution in [0, 0.1) is 32.5 Å². The van der Waals surface area contributed by atoms with Crippen LogP contribution in [0.1, 0.15) is 57.5 Å². The van der Waals surface area contributed by atoms with Crippen molar-refractivity contribution in [3.8, 4) is 5.75 Å². The minimum atomic E-state index is -1.92. The van der Waals surface area contributed by atoms with E-state index in [2.05, 4.69) is 5.32 Å². The topological polar surface area (TPSA) is 109 Å². The van der Waals surface area contributed by atoms with Crippen molar-refractivity contribution in [2.75, 3.05) is 12.4 Å². The summed E-state index contributed by atoms with van der Waals surface area (Å²) in [6.07, 6.45) is 0. The number of aliphatic carboxylic acids is 1. The van der Waals surface area contributed by atoms with Crippen molar-refractivity contribution < 1.29 is 33.0 Å². The summed E-state index contributed by atoms with van der Waals surface area (Å²) in [5.41, 5.74) is 0.675. The molecule has 0 saturated carbocycles. The van der Waals surface area contributed by atoms with E-state index in [0.717, 1.165) is 5.56 Å². The van der Waals surface area contributed by atoms with Crippen LogP contribution in [-0.2, 0) is 4.79 Å². The van der Waals surface area contributed by atoms with E-state index >= 15 is 0 Å². The minimum Gasteiger partial charge on any atom is -0.497 e. The number of aryl methyl sites for hydroxylation is 3. The Balaban J connectivity index is 1.78. The Kier molecular flexibility index (Phi) is 7.84. The van der Waals surface area contributed by atoms with Gasteiger partial charge in [-0.15, -0.1) is 0 Å². The molecule has 2 N–H and O–H groups in total. The first-order valence-corrected chi connectivity index (χ1v) is 13.9. The predicted molar refractivity (Wildman–Crippen MR) is 159 cm³/mol. The summed E-state index contributed by atoms with van der Waals surface area (Å²) >= 11 is 0. The number of likely N-dealkylation sites (tertiary alicyclic amines) is 1. The predicted octanol–water partition coefficient (Wildman–Crippen LogP) is 7.07. The molecule has 9 heteroatoms. The number of furan rings is 1. The second-order valence-electron chi connectivity index (χ2n) is 11.1. The van der Waals surface area contributed by atoms with E-state index in [1.807, 2.05) is 13.0 Å². The molecule has 5 rings (SSSR count). The summed E-state index contributed by atoms with van der Waals surface area (Å²) in [6.45, 7) is 6.72. The van der Waals surface area contributed by atoms with Crippen LogP contribution < -0.4 is 10.1 Å². The number of rotatable bonds is 7. The lowest BCUT2D eigenvalue weighted by Crippen LogP contribution is -2.55. The van der Waals surface area contributed by atoms with Crippen molar-refractivity contribution in [1.82, 2.24) is 4.90 Å². The Morgan fingerprint density at radius 1 is 0.953 bits per heavy atom. The number of carboxylic acid groups (broad SMARTS) is 1. The highest BCUT2D eigenvalue weighted by atomic mass is 19.1. The Bertz CT molecular complexity index is 1680. The third-order valence-electron chi connectivity index (χ3n) is 8.30. The molecule has 0 radical (unpaired) electrons. The SMILES string of the molecule is COc1ccc(C2C(C(=O)c3cc(C)oc3C)C(c3ccc(F)cc3)N(C(=O)Nc3cccc(C)c3)C2(C)C(=O)O)cc1. The fraction of sp³-hybridized carbons (Fsp3) is 0.265. The monoisotopic (exact) mass is 584 g/mol. The zero-order valence-corrected chi connectivity index (χ0v) is 24.6. The third-order valence-corrected chi connectivity index (χ3v) is 8.30. The molecule has 2 heterocycles. The van der Waals surface area contributed by atoms with Gasteiger partial charge in [0.05, 0.1) is 24.6 Å². The van der Waals surface area contributed by atoms with Crippen LogP contribution in [0.5, 0.6) is 5.75 Å². The van der Waals surface area contributed by atoms with Crippen LogP contribution in [0.3, 0.4) is 0 Å². The lowest BCUT2D eigenvalue weighted by Gasteiger charge is -2.37. The molecule has 0 spiro atoms. The molecule has 4 aromatic rings. The molecule has 2 amide bonds. The molecule has 4 unspecified atom stereocenters. The molecule has 0 aliphatic carbocycles. The van der Waals surface area contributed by atoms with Gasteiger partial charge in [0.25, 0.3) is 0 Å². The molecule has 0 bridgehead atoms. The second kappa shape index (κ2) is 11.4. The molecule has 1 aliphatic heterocycles. The fourth-order valence-electron chi connectivity index (χ4n) is 6.32. The molecule has 1 aromatic heterocycles. The van der Waals surface area contributed by atoms with Gasteiger partial charge in [0.2, 0.25) is 0 Å². The zero-order chi connectivity index (χ0) is 31.1. The maximum atomic E-state index is 14.6. The summed E-state index contributed by atoms with van der Waals surface area (Å²) in [5, 5.41) is 13.8. The quantitative estimate of drug-likeness (QED) is 0.225. The number of hydrogen-bond acceptors (Lipinski definition) is 5. The number of ketones is 1. The number of amides is 2. The fourth-order valence-corrected chi connectivity index (χ4v) is 6.32. The van der Waals surface area contributed by atoms with Gasteiger partial charge in [-0.05, 0) is 86.8 Å². The Morgan fingerprint density at radius 2 is 1.60 bits per heavy atom. The normalized spacial score (nSPS) is 21.4. The van der Waals surface area contributed by atoms with E-state index in [-0.39, 0.29) is 5.78 Å². The van der Waals surface area contributed by atoms with Crippen molar-refractivity contribution >= 4 is 23.5 Å². The van der Waals surface area contributed by atoms with Crippen molar-refractivity contribution in [2.24, 2.45) is 5.92 Å². The molecular weight excluding hydrogens is 551 g/mol. The number of carbonyl (C=O) groups is 3. The number of urea groups is 1. The highest BCUT2D eigenvalue weighted by molar-refractivity contribution is 6.04. The molecule has 1 saturated heterocycles. The van der Waals surface area contributed by atoms with Crippen LogP contribution in [0.2, 0.25) is 0 Å². The van der Waals surface area contributed by atoms with Crippen LogP contribution in [0.4, 0.5) is 14.9 Å². The van der Waals surface area contributed by atoms with Gasteiger partial charge in [-0.3, -0.25) is 9.69 Å². The van der Waals surface area contributed by atoms with E-state index < -0.39 is 41.2 Å². The van der Waals surface area contributed by atoms with Gasteiger partial charge >= 0.3 is 12.0 Å². The van der Waals surface area contributed by atoms with Crippen LogP contribution >= 0.6 is 0 Å². The number of carboxylic acids is 1.